The van der Waals surface area contributed by atoms with Crippen LogP contribution in [0.4, 0.5) is 0 Å². The van der Waals surface area contributed by atoms with Crippen molar-refractivity contribution in [2.45, 2.75) is 0 Å². The van der Waals surface area contributed by atoms with Gasteiger partial charge in [-0.1, -0.05) is 0 Å². The molecule has 2 rings (SSSR count). The largest absolute Gasteiger partial charge is 0.261 e. The van der Waals surface area contributed by atoms with Crippen molar-refractivity contribution >= 4 is 11.0 Å². The van der Waals surface area contributed by atoms with Crippen molar-refractivity contribution in [3.05, 3.63) is 18.2 Å². The third-order valence-corrected chi connectivity index (χ3v) is 1.35. The van der Waals surface area contributed by atoms with E-state index in [-0.39, 0.29) is 0 Å². The number of rotatable bonds is 0. The zero-order valence-electron chi connectivity index (χ0n) is 5.44. The van der Waals surface area contributed by atoms with E-state index in [0.29, 0.717) is 16.7 Å². The third kappa shape index (κ3) is 0.730. The molecule has 0 saturated heterocycles. The number of nitrogens with one attached hydrogen (secondary N) is 1. The van der Waals surface area contributed by atoms with Gasteiger partial charge in [0.25, 0.3) is 0 Å². The number of hydrogen-bond donors (Lipinski definition) is 1. The van der Waals surface area contributed by atoms with E-state index in [1.54, 1.807) is 0 Å². The van der Waals surface area contributed by atoms with Gasteiger partial charge in [-0.25, -0.2) is 9.97 Å². The molecule has 1 N–H and O–H groups in total. The summed E-state index contributed by atoms with van der Waals surface area (Å²) in [6, 6.07) is 1.94. The Morgan fingerprint density at radius 1 is 1.45 bits per heavy atom. The molecule has 2 aromatic rings. The minimum Gasteiger partial charge on any atom is -0.261 e. The van der Waals surface area contributed by atoms with Gasteiger partial charge in [0, 0.05) is 0 Å². The maximum Gasteiger partial charge on any atom is 0.159 e. The second-order valence-corrected chi connectivity index (χ2v) is 1.97. The number of fused-ring (bicyclic) bond motifs is 1. The van der Waals surface area contributed by atoms with E-state index in [1.165, 1.54) is 12.5 Å². The Bertz CT molecular complexity index is 424. The van der Waals surface area contributed by atoms with Gasteiger partial charge in [0.15, 0.2) is 11.3 Å². The van der Waals surface area contributed by atoms with Gasteiger partial charge in [0.1, 0.15) is 12.4 Å². The lowest BCUT2D eigenvalue weighted by Crippen LogP contribution is -1.84. The minimum absolute atomic E-state index is 0.351. The quantitative estimate of drug-likeness (QED) is 0.575. The molecule has 0 amide bonds. The number of H-pyrrole nitrogens is 1. The molecule has 0 saturated carbocycles. The van der Waals surface area contributed by atoms with Gasteiger partial charge in [0.05, 0.1) is 11.6 Å². The molecule has 0 bridgehead atoms. The fourth-order valence-corrected chi connectivity index (χ4v) is 0.854. The van der Waals surface area contributed by atoms with Crippen molar-refractivity contribution in [3.63, 3.8) is 0 Å². The van der Waals surface area contributed by atoms with Gasteiger partial charge >= 0.3 is 0 Å². The second kappa shape index (κ2) is 2.02. The summed E-state index contributed by atoms with van der Waals surface area (Å²) in [5, 5.41) is 15.6. The predicted octanol–water partition coefficient (Wildman–Crippen LogP) is 0.225. The van der Waals surface area contributed by atoms with E-state index in [0.717, 1.165) is 0 Å². The molecule has 0 aliphatic heterocycles. The third-order valence-electron chi connectivity index (χ3n) is 1.35. The van der Waals surface area contributed by atoms with Crippen molar-refractivity contribution in [2.75, 3.05) is 0 Å². The highest BCUT2D eigenvalue weighted by Gasteiger charge is 2.02. The molecule has 5 nitrogen and oxygen atoms in total. The fraction of sp³-hybridized carbons (Fsp3) is 0. The van der Waals surface area contributed by atoms with Crippen LogP contribution in [0.1, 0.15) is 5.69 Å². The molecule has 0 aliphatic rings. The molecule has 0 spiro atoms. The molecule has 0 unspecified atom stereocenters. The maximum atomic E-state index is 8.57. The number of hydrogen-bond acceptors (Lipinski definition) is 4. The van der Waals surface area contributed by atoms with Crippen molar-refractivity contribution in [2.24, 2.45) is 0 Å². The van der Waals surface area contributed by atoms with E-state index >= 15 is 0 Å². The van der Waals surface area contributed by atoms with Crippen molar-refractivity contribution in [1.29, 1.82) is 5.26 Å². The molecule has 0 radical (unpaired) electrons. The monoisotopic (exact) mass is 145 g/mol. The standard InChI is InChI=1S/C6H3N5/c7-1-5-4-2-10-11-6(4)9-3-8-5/h2-3H,(H,8,9,10,11). The van der Waals surface area contributed by atoms with Gasteiger partial charge in [-0.05, 0) is 0 Å². The normalized spacial score (nSPS) is 9.73. The van der Waals surface area contributed by atoms with Crippen LogP contribution in [0.3, 0.4) is 0 Å². The summed E-state index contributed by atoms with van der Waals surface area (Å²) in [7, 11) is 0. The first kappa shape index (κ1) is 5.80. The predicted molar refractivity (Wildman–Crippen MR) is 36.4 cm³/mol. The van der Waals surface area contributed by atoms with E-state index in [1.807, 2.05) is 6.07 Å². The van der Waals surface area contributed by atoms with Crippen LogP contribution in [0.15, 0.2) is 12.5 Å². The molecule has 0 fully saturated rings. The molecule has 0 atom stereocenters. The summed E-state index contributed by atoms with van der Waals surface area (Å²) in [6.07, 6.45) is 2.87. The summed E-state index contributed by atoms with van der Waals surface area (Å²) in [4.78, 5) is 7.63. The van der Waals surface area contributed by atoms with Crippen LogP contribution in [-0.2, 0) is 0 Å². The van der Waals surface area contributed by atoms with Crippen molar-refractivity contribution in [1.82, 2.24) is 20.2 Å². The molecule has 5 heteroatoms. The van der Waals surface area contributed by atoms with Gasteiger partial charge in [-0.3, -0.25) is 5.10 Å². The Kier molecular flexibility index (Phi) is 1.07. The smallest absolute Gasteiger partial charge is 0.159 e. The fourth-order valence-electron chi connectivity index (χ4n) is 0.854. The summed E-state index contributed by atoms with van der Waals surface area (Å²) in [6.45, 7) is 0. The summed E-state index contributed by atoms with van der Waals surface area (Å²) < 4.78 is 0. The SMILES string of the molecule is N#Cc1ncnc2[nH]ncc12. The van der Waals surface area contributed by atoms with Crippen molar-refractivity contribution in [3.8, 4) is 6.07 Å². The van der Waals surface area contributed by atoms with E-state index in [4.69, 9.17) is 5.26 Å². The molecular weight excluding hydrogens is 142 g/mol. The minimum atomic E-state index is 0.351. The molecule has 0 aliphatic carbocycles. The topological polar surface area (TPSA) is 78.2 Å². The molecule has 11 heavy (non-hydrogen) atoms. The summed E-state index contributed by atoms with van der Waals surface area (Å²) in [5.74, 6) is 0. The zero-order valence-corrected chi connectivity index (χ0v) is 5.44. The first-order valence-corrected chi connectivity index (χ1v) is 2.96. The lowest BCUT2D eigenvalue weighted by molar-refractivity contribution is 1.09. The number of nitrogens with zero attached hydrogens (tertiary/aromatic N) is 4. The molecular formula is C6H3N5. The number of aromatic amines is 1. The van der Waals surface area contributed by atoms with E-state index in [2.05, 4.69) is 20.2 Å². The Balaban J connectivity index is 2.92. The van der Waals surface area contributed by atoms with Gasteiger partial charge in [-0.2, -0.15) is 10.4 Å². The Morgan fingerprint density at radius 3 is 3.18 bits per heavy atom. The molecule has 2 heterocycles. The van der Waals surface area contributed by atoms with Crippen LogP contribution in [0.25, 0.3) is 11.0 Å². The van der Waals surface area contributed by atoms with Crippen LogP contribution < -0.4 is 0 Å². The average Bonchev–Trinajstić information content (AvgIpc) is 2.50. The Hall–Kier alpha value is -1.96. The zero-order chi connectivity index (χ0) is 7.68. The van der Waals surface area contributed by atoms with Crippen LogP contribution in [0.2, 0.25) is 0 Å². The highest BCUT2D eigenvalue weighted by molar-refractivity contribution is 5.78. The van der Waals surface area contributed by atoms with Crippen molar-refractivity contribution < 1.29 is 0 Å². The van der Waals surface area contributed by atoms with Gasteiger partial charge in [0.2, 0.25) is 0 Å². The Morgan fingerprint density at radius 2 is 2.36 bits per heavy atom. The first-order chi connectivity index (χ1) is 5.42. The number of aromatic nitrogens is 4. The highest BCUT2D eigenvalue weighted by Crippen LogP contribution is 2.08. The van der Waals surface area contributed by atoms with Crippen LogP contribution in [0, 0.1) is 11.3 Å². The van der Waals surface area contributed by atoms with Crippen LogP contribution >= 0.6 is 0 Å². The van der Waals surface area contributed by atoms with Crippen LogP contribution in [-0.4, -0.2) is 20.2 Å². The second-order valence-electron chi connectivity index (χ2n) is 1.97. The first-order valence-electron chi connectivity index (χ1n) is 2.96. The summed E-state index contributed by atoms with van der Waals surface area (Å²) >= 11 is 0. The lowest BCUT2D eigenvalue weighted by Gasteiger charge is -1.86. The van der Waals surface area contributed by atoms with E-state index in [9.17, 15) is 0 Å². The van der Waals surface area contributed by atoms with Gasteiger partial charge in [-0.15, -0.1) is 0 Å². The van der Waals surface area contributed by atoms with E-state index < -0.39 is 0 Å². The Labute approximate surface area is 61.7 Å². The lowest BCUT2D eigenvalue weighted by atomic mass is 10.3. The number of nitriles is 1. The van der Waals surface area contributed by atoms with Gasteiger partial charge < -0.3 is 0 Å². The summed E-state index contributed by atoms with van der Waals surface area (Å²) in [5.41, 5.74) is 0.945. The van der Waals surface area contributed by atoms with Crippen LogP contribution in [0.5, 0.6) is 0 Å². The molecule has 52 valence electrons. The molecule has 2 aromatic heterocycles. The highest BCUT2D eigenvalue weighted by atomic mass is 15.1. The average molecular weight is 145 g/mol. The molecule has 0 aromatic carbocycles. The maximum absolute atomic E-state index is 8.57.